The number of aliphatic imine (C=N–C) groups is 1. The van der Waals surface area contributed by atoms with E-state index in [2.05, 4.69) is 18.0 Å². The molecule has 0 unspecified atom stereocenters. The highest BCUT2D eigenvalue weighted by atomic mass is 16.5. The summed E-state index contributed by atoms with van der Waals surface area (Å²) in [5.41, 5.74) is 8.76. The molecule has 0 atom stereocenters. The quantitative estimate of drug-likeness (QED) is 0.619. The summed E-state index contributed by atoms with van der Waals surface area (Å²) in [5.74, 6) is 0.887. The monoisotopic (exact) mass is 246 g/mol. The Morgan fingerprint density at radius 2 is 2.22 bits per heavy atom. The molecular weight excluding hydrogens is 224 g/mol. The number of nitrogens with zero attached hydrogens (tertiary/aromatic N) is 1. The molecule has 0 saturated carbocycles. The normalized spacial score (nSPS) is 12.1. The van der Waals surface area contributed by atoms with Crippen molar-refractivity contribution in [2.75, 3.05) is 13.7 Å². The van der Waals surface area contributed by atoms with Crippen LogP contribution in [0.4, 0.5) is 0 Å². The van der Waals surface area contributed by atoms with E-state index in [4.69, 9.17) is 10.5 Å². The van der Waals surface area contributed by atoms with Crippen molar-refractivity contribution in [1.82, 2.24) is 0 Å². The maximum Gasteiger partial charge on any atom is 0.121 e. The predicted octanol–water partition coefficient (Wildman–Crippen LogP) is 3.17. The molecule has 1 aromatic rings. The molecule has 98 valence electrons. The Balaban J connectivity index is 2.83. The van der Waals surface area contributed by atoms with Gasteiger partial charge in [0, 0.05) is 24.5 Å². The first-order chi connectivity index (χ1) is 8.72. The molecule has 3 nitrogen and oxygen atoms in total. The summed E-state index contributed by atoms with van der Waals surface area (Å²) < 4.78 is 5.24. The van der Waals surface area contributed by atoms with E-state index in [1.807, 2.05) is 25.3 Å². The summed E-state index contributed by atoms with van der Waals surface area (Å²) >= 11 is 0. The zero-order valence-electron chi connectivity index (χ0n) is 11.4. The third-order valence-electron chi connectivity index (χ3n) is 2.78. The van der Waals surface area contributed by atoms with E-state index in [1.165, 1.54) is 0 Å². The molecule has 0 aromatic heterocycles. The van der Waals surface area contributed by atoms with Gasteiger partial charge in [-0.1, -0.05) is 19.4 Å². The van der Waals surface area contributed by atoms with Crippen LogP contribution in [-0.4, -0.2) is 19.9 Å². The molecule has 0 aliphatic rings. The summed E-state index contributed by atoms with van der Waals surface area (Å²) in [7, 11) is 1.67. The van der Waals surface area contributed by atoms with Crippen LogP contribution in [0.2, 0.25) is 0 Å². The summed E-state index contributed by atoms with van der Waals surface area (Å²) in [4.78, 5) is 4.38. The van der Waals surface area contributed by atoms with E-state index in [0.717, 1.165) is 41.8 Å². The van der Waals surface area contributed by atoms with Crippen molar-refractivity contribution in [3.63, 3.8) is 0 Å². The molecule has 1 rings (SSSR count). The predicted molar refractivity (Wildman–Crippen MR) is 78.2 cm³/mol. The van der Waals surface area contributed by atoms with Crippen LogP contribution >= 0.6 is 0 Å². The molecule has 0 fully saturated rings. The molecule has 0 radical (unpaired) electrons. The lowest BCUT2D eigenvalue weighted by molar-refractivity contribution is 0.411. The molecule has 0 heterocycles. The van der Waals surface area contributed by atoms with Crippen LogP contribution < -0.4 is 10.5 Å². The fourth-order valence-electron chi connectivity index (χ4n) is 1.68. The average Bonchev–Trinajstić information content (AvgIpc) is 2.39. The topological polar surface area (TPSA) is 47.6 Å². The number of ether oxygens (including phenoxy) is 1. The van der Waals surface area contributed by atoms with E-state index in [9.17, 15) is 0 Å². The van der Waals surface area contributed by atoms with Crippen molar-refractivity contribution in [3.05, 3.63) is 35.5 Å². The fraction of sp³-hybridized carbons (Fsp3) is 0.400. The smallest absolute Gasteiger partial charge is 0.121 e. The second kappa shape index (κ2) is 7.54. The summed E-state index contributed by atoms with van der Waals surface area (Å²) in [6.07, 6.45) is 5.70. The molecule has 0 aliphatic heterocycles. The molecule has 0 amide bonds. The van der Waals surface area contributed by atoms with Crippen molar-refractivity contribution < 1.29 is 4.74 Å². The number of benzene rings is 1. The molecule has 0 bridgehead atoms. The minimum atomic E-state index is 0.850. The summed E-state index contributed by atoms with van der Waals surface area (Å²) in [6, 6.07) is 6.01. The van der Waals surface area contributed by atoms with Gasteiger partial charge in [-0.2, -0.15) is 0 Å². The minimum absolute atomic E-state index is 0.850. The van der Waals surface area contributed by atoms with Crippen molar-refractivity contribution in [1.29, 1.82) is 0 Å². The molecule has 2 N–H and O–H groups in total. The molecule has 0 saturated heterocycles. The lowest BCUT2D eigenvalue weighted by atomic mass is 10.0. The van der Waals surface area contributed by atoms with Gasteiger partial charge in [0.2, 0.25) is 0 Å². The lowest BCUT2D eigenvalue weighted by Crippen LogP contribution is -1.94. The summed E-state index contributed by atoms with van der Waals surface area (Å²) in [5, 5.41) is 0. The molecule has 0 aliphatic carbocycles. The largest absolute Gasteiger partial charge is 0.496 e. The van der Waals surface area contributed by atoms with E-state index in [1.54, 1.807) is 13.3 Å². The van der Waals surface area contributed by atoms with E-state index in [0.29, 0.717) is 0 Å². The third-order valence-corrected chi connectivity index (χ3v) is 2.78. The lowest BCUT2D eigenvalue weighted by Gasteiger charge is -2.07. The highest BCUT2D eigenvalue weighted by Gasteiger charge is 2.02. The Hall–Kier alpha value is -1.77. The van der Waals surface area contributed by atoms with Gasteiger partial charge in [0.1, 0.15) is 5.75 Å². The van der Waals surface area contributed by atoms with Gasteiger partial charge in [0.25, 0.3) is 0 Å². The molecule has 1 aromatic carbocycles. The van der Waals surface area contributed by atoms with Crippen molar-refractivity contribution >= 4 is 11.8 Å². The first-order valence-electron chi connectivity index (χ1n) is 6.29. The van der Waals surface area contributed by atoms with Crippen molar-refractivity contribution in [2.24, 2.45) is 10.7 Å². The Labute approximate surface area is 109 Å². The van der Waals surface area contributed by atoms with Crippen LogP contribution in [0.5, 0.6) is 5.75 Å². The van der Waals surface area contributed by atoms with Gasteiger partial charge in [0.15, 0.2) is 0 Å². The number of nitrogens with two attached hydrogens (primary N) is 1. The number of rotatable bonds is 6. The van der Waals surface area contributed by atoms with Gasteiger partial charge in [-0.25, -0.2) is 0 Å². The zero-order chi connectivity index (χ0) is 13.4. The number of hydrogen-bond donors (Lipinski definition) is 1. The number of allylic oxidation sites excluding steroid dienone is 1. The maximum absolute atomic E-state index is 5.66. The van der Waals surface area contributed by atoms with Gasteiger partial charge in [-0.05, 0) is 36.6 Å². The highest BCUT2D eigenvalue weighted by Crippen LogP contribution is 2.22. The van der Waals surface area contributed by atoms with Crippen LogP contribution in [0.25, 0.3) is 5.57 Å². The van der Waals surface area contributed by atoms with Crippen LogP contribution in [0.3, 0.4) is 0 Å². The van der Waals surface area contributed by atoms with Gasteiger partial charge in [-0.3, -0.25) is 4.99 Å². The van der Waals surface area contributed by atoms with E-state index in [-0.39, 0.29) is 0 Å². The highest BCUT2D eigenvalue weighted by molar-refractivity contribution is 6.09. The molecule has 0 spiro atoms. The first-order valence-corrected chi connectivity index (χ1v) is 6.29. The second-order valence-electron chi connectivity index (χ2n) is 4.20. The van der Waals surface area contributed by atoms with Crippen LogP contribution in [-0.2, 0) is 0 Å². The third kappa shape index (κ3) is 3.91. The molecular formula is C15H22N2O. The standard InChI is InChI=1S/C15H22N2O/c1-4-5-8-17-11-14(10-16)13-6-7-15(18-3)12(2)9-13/h6-7,9-11H,4-5,8,16H2,1-3H3. The Kier molecular flexibility index (Phi) is 5.98. The van der Waals surface area contributed by atoms with Gasteiger partial charge >= 0.3 is 0 Å². The average molecular weight is 246 g/mol. The number of hydrogen-bond acceptors (Lipinski definition) is 3. The van der Waals surface area contributed by atoms with Crippen molar-refractivity contribution in [3.8, 4) is 5.75 Å². The number of unbranched alkanes of at least 4 members (excludes halogenated alkanes) is 1. The number of methoxy groups -OCH3 is 1. The van der Waals surface area contributed by atoms with Gasteiger partial charge < -0.3 is 10.5 Å². The van der Waals surface area contributed by atoms with Crippen LogP contribution in [0, 0.1) is 6.92 Å². The van der Waals surface area contributed by atoms with E-state index >= 15 is 0 Å². The molecule has 3 heteroatoms. The van der Waals surface area contributed by atoms with E-state index < -0.39 is 0 Å². The molecule has 18 heavy (non-hydrogen) atoms. The van der Waals surface area contributed by atoms with Crippen LogP contribution in [0.15, 0.2) is 29.4 Å². The Morgan fingerprint density at radius 3 is 2.78 bits per heavy atom. The van der Waals surface area contributed by atoms with Gasteiger partial charge in [0.05, 0.1) is 7.11 Å². The second-order valence-corrected chi connectivity index (χ2v) is 4.20. The Bertz CT molecular complexity index is 436. The minimum Gasteiger partial charge on any atom is -0.496 e. The number of aryl methyl sites for hydroxylation is 1. The Morgan fingerprint density at radius 1 is 1.44 bits per heavy atom. The SMILES string of the molecule is CCCCN=CC(=CN)c1ccc(OC)c(C)c1. The van der Waals surface area contributed by atoms with Crippen molar-refractivity contribution in [2.45, 2.75) is 26.7 Å². The first kappa shape index (κ1) is 14.3. The van der Waals surface area contributed by atoms with Gasteiger partial charge in [-0.15, -0.1) is 0 Å². The zero-order valence-corrected chi connectivity index (χ0v) is 11.4. The fourth-order valence-corrected chi connectivity index (χ4v) is 1.68. The maximum atomic E-state index is 5.66. The summed E-state index contributed by atoms with van der Waals surface area (Å²) in [6.45, 7) is 5.02. The van der Waals surface area contributed by atoms with Crippen LogP contribution in [0.1, 0.15) is 30.9 Å².